The van der Waals surface area contributed by atoms with Gasteiger partial charge in [-0.15, -0.1) is 0 Å². The minimum Gasteiger partial charge on any atom is -0.397 e. The Labute approximate surface area is 140 Å². The molecule has 1 saturated heterocycles. The zero-order valence-corrected chi connectivity index (χ0v) is 14.1. The summed E-state index contributed by atoms with van der Waals surface area (Å²) < 4.78 is 22.0. The second-order valence-corrected chi connectivity index (χ2v) is 8.18. The maximum atomic E-state index is 10.7. The average molecular weight is 335 g/mol. The number of nitrogen functional groups attached to an aromatic ring is 1. The van der Waals surface area contributed by atoms with Crippen molar-refractivity contribution in [2.75, 3.05) is 30.3 Å². The zero-order valence-electron chi connectivity index (χ0n) is 13.3. The Balaban J connectivity index is 1.49. The van der Waals surface area contributed by atoms with Gasteiger partial charge in [-0.2, -0.15) is 0 Å². The van der Waals surface area contributed by atoms with E-state index in [9.17, 15) is 4.21 Å². The minimum absolute atomic E-state index is 0.487. The standard InChI is InChI=1S/C17H25N3O2S/c18-15-4-1-12(5-8-19-23(21)22)9-16(15)20-10-13-2-3-14(11-20)17(13)6-7-17/h1,4,9,13-14,19H,2-3,5-8,10-11,18H2,(H,21,22)/t13-,14+. The van der Waals surface area contributed by atoms with Gasteiger partial charge >= 0.3 is 0 Å². The van der Waals surface area contributed by atoms with Gasteiger partial charge in [-0.3, -0.25) is 4.55 Å². The monoisotopic (exact) mass is 335 g/mol. The van der Waals surface area contributed by atoms with E-state index in [1.165, 1.54) is 25.7 Å². The van der Waals surface area contributed by atoms with Gasteiger partial charge in [0, 0.05) is 19.6 Å². The van der Waals surface area contributed by atoms with Gasteiger partial charge in [0.1, 0.15) is 0 Å². The van der Waals surface area contributed by atoms with Gasteiger partial charge in [-0.05, 0) is 67.1 Å². The number of hydrogen-bond acceptors (Lipinski definition) is 3. The number of piperidine rings is 1. The molecule has 23 heavy (non-hydrogen) atoms. The van der Waals surface area contributed by atoms with Crippen molar-refractivity contribution in [3.05, 3.63) is 23.8 Å². The van der Waals surface area contributed by atoms with E-state index in [-0.39, 0.29) is 0 Å². The van der Waals surface area contributed by atoms with E-state index < -0.39 is 11.3 Å². The molecule has 0 radical (unpaired) electrons. The number of rotatable bonds is 5. The first-order valence-corrected chi connectivity index (χ1v) is 9.67. The van der Waals surface area contributed by atoms with Crippen molar-refractivity contribution in [1.29, 1.82) is 0 Å². The second-order valence-electron chi connectivity index (χ2n) is 7.40. The topological polar surface area (TPSA) is 78.6 Å². The summed E-state index contributed by atoms with van der Waals surface area (Å²) in [5, 5.41) is 0. The predicted molar refractivity (Wildman–Crippen MR) is 93.4 cm³/mol. The molecule has 1 aromatic carbocycles. The van der Waals surface area contributed by atoms with Gasteiger partial charge in [-0.25, -0.2) is 8.93 Å². The summed E-state index contributed by atoms with van der Waals surface area (Å²) in [4.78, 5) is 2.49. The average Bonchev–Trinajstić information content (AvgIpc) is 3.25. The largest absolute Gasteiger partial charge is 0.397 e. The van der Waals surface area contributed by atoms with Crippen LogP contribution in [0.3, 0.4) is 0 Å². The summed E-state index contributed by atoms with van der Waals surface area (Å²) >= 11 is -1.94. The van der Waals surface area contributed by atoms with Crippen molar-refractivity contribution in [2.45, 2.75) is 32.1 Å². The molecule has 1 spiro atoms. The van der Waals surface area contributed by atoms with Crippen LogP contribution in [0.2, 0.25) is 0 Å². The Morgan fingerprint density at radius 1 is 1.30 bits per heavy atom. The second kappa shape index (κ2) is 5.76. The van der Waals surface area contributed by atoms with E-state index in [1.807, 2.05) is 12.1 Å². The van der Waals surface area contributed by atoms with Gasteiger partial charge in [0.25, 0.3) is 0 Å². The first-order chi connectivity index (χ1) is 11.1. The van der Waals surface area contributed by atoms with Crippen LogP contribution in [0.15, 0.2) is 18.2 Å². The fourth-order valence-corrected chi connectivity index (χ4v) is 5.20. The van der Waals surface area contributed by atoms with E-state index in [4.69, 9.17) is 10.3 Å². The molecule has 0 amide bonds. The summed E-state index contributed by atoms with van der Waals surface area (Å²) in [6.07, 6.45) is 6.37. The Morgan fingerprint density at radius 2 is 2.00 bits per heavy atom. The van der Waals surface area contributed by atoms with Gasteiger partial charge < -0.3 is 10.6 Å². The molecule has 1 heterocycles. The molecule has 2 bridgehead atoms. The molecule has 3 atom stereocenters. The van der Waals surface area contributed by atoms with Crippen LogP contribution in [0.25, 0.3) is 0 Å². The number of nitrogens with two attached hydrogens (primary N) is 1. The third-order valence-electron chi connectivity index (χ3n) is 6.27. The van der Waals surface area contributed by atoms with Gasteiger partial charge in [-0.1, -0.05) is 6.07 Å². The molecule has 1 aliphatic heterocycles. The van der Waals surface area contributed by atoms with Crippen LogP contribution in [-0.2, 0) is 17.7 Å². The van der Waals surface area contributed by atoms with Crippen LogP contribution in [-0.4, -0.2) is 28.4 Å². The summed E-state index contributed by atoms with van der Waals surface area (Å²) in [6, 6.07) is 6.16. The van der Waals surface area contributed by atoms with Crippen LogP contribution in [0.4, 0.5) is 11.4 Å². The van der Waals surface area contributed by atoms with Gasteiger partial charge in [0.05, 0.1) is 11.4 Å². The van der Waals surface area contributed by atoms with Crippen LogP contribution in [0.5, 0.6) is 0 Å². The zero-order chi connectivity index (χ0) is 16.0. The first-order valence-electron chi connectivity index (χ1n) is 8.56. The van der Waals surface area contributed by atoms with Crippen LogP contribution in [0.1, 0.15) is 31.2 Å². The molecular formula is C17H25N3O2S. The van der Waals surface area contributed by atoms with Crippen molar-refractivity contribution in [2.24, 2.45) is 17.3 Å². The fraction of sp³-hybridized carbons (Fsp3) is 0.647. The quantitative estimate of drug-likeness (QED) is 0.569. The molecule has 6 heteroatoms. The lowest BCUT2D eigenvalue weighted by atomic mass is 9.81. The maximum Gasteiger partial charge on any atom is 0.231 e. The molecule has 0 aromatic heterocycles. The van der Waals surface area contributed by atoms with Gasteiger partial charge in [0.2, 0.25) is 11.3 Å². The molecule has 2 saturated carbocycles. The first kappa shape index (κ1) is 15.4. The Hall–Kier alpha value is -1.11. The maximum absolute atomic E-state index is 10.7. The van der Waals surface area contributed by atoms with Crippen LogP contribution < -0.4 is 15.4 Å². The molecule has 4 rings (SSSR count). The number of anilines is 2. The third-order valence-corrected chi connectivity index (χ3v) is 6.72. The summed E-state index contributed by atoms with van der Waals surface area (Å²) in [7, 11) is 0. The van der Waals surface area contributed by atoms with E-state index in [0.29, 0.717) is 12.0 Å². The summed E-state index contributed by atoms with van der Waals surface area (Å²) in [6.45, 7) is 2.77. The predicted octanol–water partition coefficient (Wildman–Crippen LogP) is 2.16. The molecule has 3 fully saturated rings. The highest BCUT2D eigenvalue weighted by molar-refractivity contribution is 7.77. The summed E-state index contributed by atoms with van der Waals surface area (Å²) in [5.41, 5.74) is 10.1. The molecule has 4 N–H and O–H groups in total. The lowest BCUT2D eigenvalue weighted by molar-refractivity contribution is 0.245. The molecule has 2 aliphatic carbocycles. The lowest BCUT2D eigenvalue weighted by Crippen LogP contribution is -2.43. The minimum atomic E-state index is -1.94. The van der Waals surface area contributed by atoms with Crippen molar-refractivity contribution < 1.29 is 8.76 Å². The Morgan fingerprint density at radius 3 is 2.61 bits per heavy atom. The van der Waals surface area contributed by atoms with Crippen molar-refractivity contribution in [1.82, 2.24) is 4.72 Å². The highest BCUT2D eigenvalue weighted by Gasteiger charge is 2.60. The van der Waals surface area contributed by atoms with E-state index in [2.05, 4.69) is 15.7 Å². The Kier molecular flexibility index (Phi) is 3.86. The number of benzene rings is 1. The third kappa shape index (κ3) is 2.77. The van der Waals surface area contributed by atoms with Crippen LogP contribution >= 0.6 is 0 Å². The number of hydrogen-bond donors (Lipinski definition) is 3. The molecule has 1 unspecified atom stereocenters. The normalized spacial score (nSPS) is 29.0. The number of nitrogens with zero attached hydrogens (tertiary/aromatic N) is 1. The summed E-state index contributed by atoms with van der Waals surface area (Å²) in [5.74, 6) is 1.70. The Bertz CT molecular complexity index is 616. The smallest absolute Gasteiger partial charge is 0.231 e. The van der Waals surface area contributed by atoms with E-state index in [1.54, 1.807) is 0 Å². The molecule has 3 aliphatic rings. The van der Waals surface area contributed by atoms with E-state index >= 15 is 0 Å². The molecular weight excluding hydrogens is 310 g/mol. The van der Waals surface area contributed by atoms with Crippen molar-refractivity contribution >= 4 is 22.6 Å². The highest BCUT2D eigenvalue weighted by Crippen LogP contribution is 2.66. The molecule has 1 aromatic rings. The van der Waals surface area contributed by atoms with Crippen molar-refractivity contribution in [3.63, 3.8) is 0 Å². The molecule has 126 valence electrons. The van der Waals surface area contributed by atoms with Gasteiger partial charge in [0.15, 0.2) is 0 Å². The SMILES string of the molecule is Nc1ccc(CCNS(=O)O)cc1N1C[C@H]2CC[C@@H](C1)C21CC1. The fourth-order valence-electron chi connectivity index (χ4n) is 4.92. The number of nitrogens with one attached hydrogen (secondary N) is 1. The molecule has 5 nitrogen and oxygen atoms in total. The highest BCUT2D eigenvalue weighted by atomic mass is 32.2. The van der Waals surface area contributed by atoms with Crippen LogP contribution in [0, 0.1) is 17.3 Å². The van der Waals surface area contributed by atoms with Crippen molar-refractivity contribution in [3.8, 4) is 0 Å². The lowest BCUT2D eigenvalue weighted by Gasteiger charge is -2.40. The van der Waals surface area contributed by atoms with E-state index in [0.717, 1.165) is 48.3 Å².